The summed E-state index contributed by atoms with van der Waals surface area (Å²) in [5.74, 6) is -0.215. The van der Waals surface area contributed by atoms with Crippen LogP contribution in [0.25, 0.3) is 0 Å². The van der Waals surface area contributed by atoms with E-state index in [1.165, 1.54) is 12.5 Å². The van der Waals surface area contributed by atoms with Gasteiger partial charge in [-0.15, -0.1) is 12.4 Å². The molecule has 1 aliphatic heterocycles. The molecular formula is C13H19Cl2FN2. The molecule has 5 heteroatoms. The first-order chi connectivity index (χ1) is 8.18. The molecule has 18 heavy (non-hydrogen) atoms. The van der Waals surface area contributed by atoms with Crippen molar-refractivity contribution in [1.29, 1.82) is 0 Å². The lowest BCUT2D eigenvalue weighted by atomic mass is 10.1. The van der Waals surface area contributed by atoms with Crippen LogP contribution >= 0.6 is 24.0 Å². The van der Waals surface area contributed by atoms with Gasteiger partial charge in [-0.2, -0.15) is 0 Å². The van der Waals surface area contributed by atoms with Crippen LogP contribution in [0.4, 0.5) is 4.39 Å². The van der Waals surface area contributed by atoms with Crippen molar-refractivity contribution in [2.75, 3.05) is 20.1 Å². The lowest BCUT2D eigenvalue weighted by Gasteiger charge is -2.31. The Morgan fingerprint density at radius 2 is 2.28 bits per heavy atom. The number of nitrogens with one attached hydrogen (secondary N) is 1. The van der Waals surface area contributed by atoms with E-state index in [2.05, 4.69) is 10.2 Å². The fraction of sp³-hybridized carbons (Fsp3) is 0.538. The number of benzene rings is 1. The highest BCUT2D eigenvalue weighted by Crippen LogP contribution is 2.22. The Bertz CT molecular complexity index is 361. The van der Waals surface area contributed by atoms with Crippen LogP contribution in [0, 0.1) is 5.82 Å². The molecule has 1 atom stereocenters. The number of nitrogens with zero attached hydrogens (tertiary/aromatic N) is 1. The van der Waals surface area contributed by atoms with Crippen LogP contribution in [0.1, 0.15) is 18.4 Å². The molecule has 2 nitrogen and oxygen atoms in total. The maximum absolute atomic E-state index is 13.7. The lowest BCUT2D eigenvalue weighted by Crippen LogP contribution is -2.43. The van der Waals surface area contributed by atoms with E-state index in [0.717, 1.165) is 19.5 Å². The molecule has 0 saturated carbocycles. The van der Waals surface area contributed by atoms with Crippen molar-refractivity contribution in [2.45, 2.75) is 25.4 Å². The number of hydrogen-bond acceptors (Lipinski definition) is 2. The fourth-order valence-corrected chi connectivity index (χ4v) is 2.49. The van der Waals surface area contributed by atoms with E-state index in [-0.39, 0.29) is 18.2 Å². The van der Waals surface area contributed by atoms with Gasteiger partial charge in [-0.25, -0.2) is 4.39 Å². The Hall–Kier alpha value is -0.350. The average Bonchev–Trinajstić information content (AvgIpc) is 2.35. The van der Waals surface area contributed by atoms with E-state index in [1.54, 1.807) is 12.1 Å². The van der Waals surface area contributed by atoms with E-state index in [1.807, 2.05) is 7.05 Å². The standard InChI is InChI=1S/C13H18ClFN2.ClH/c1-17(10-4-3-7-16-8-10)9-11-12(14)5-2-6-13(11)15;/h2,5-6,10,16H,3-4,7-9H2,1H3;1H. The Labute approximate surface area is 119 Å². The maximum atomic E-state index is 13.7. The van der Waals surface area contributed by atoms with Crippen molar-refractivity contribution in [1.82, 2.24) is 10.2 Å². The number of rotatable bonds is 3. The third kappa shape index (κ3) is 3.82. The minimum Gasteiger partial charge on any atom is -0.315 e. The molecule has 0 radical (unpaired) electrons. The van der Waals surface area contributed by atoms with Crippen molar-refractivity contribution in [3.63, 3.8) is 0 Å². The predicted molar refractivity (Wildman–Crippen MR) is 76.0 cm³/mol. The molecule has 1 aromatic rings. The van der Waals surface area contributed by atoms with Gasteiger partial charge in [0.15, 0.2) is 0 Å². The summed E-state index contributed by atoms with van der Waals surface area (Å²) >= 11 is 6.03. The highest BCUT2D eigenvalue weighted by atomic mass is 35.5. The van der Waals surface area contributed by atoms with E-state index in [4.69, 9.17) is 11.6 Å². The quantitative estimate of drug-likeness (QED) is 0.921. The lowest BCUT2D eigenvalue weighted by molar-refractivity contribution is 0.194. The number of halogens is 3. The first-order valence-corrected chi connectivity index (χ1v) is 6.40. The van der Waals surface area contributed by atoms with Crippen molar-refractivity contribution >= 4 is 24.0 Å². The molecule has 0 bridgehead atoms. The van der Waals surface area contributed by atoms with Crippen molar-refractivity contribution in [2.24, 2.45) is 0 Å². The topological polar surface area (TPSA) is 15.3 Å². The minimum absolute atomic E-state index is 0. The van der Waals surface area contributed by atoms with Gasteiger partial charge in [-0.05, 0) is 38.6 Å². The molecule has 1 heterocycles. The van der Waals surface area contributed by atoms with Crippen molar-refractivity contribution in [3.05, 3.63) is 34.6 Å². The molecule has 1 N–H and O–H groups in total. The molecule has 1 saturated heterocycles. The molecule has 102 valence electrons. The van der Waals surface area contributed by atoms with Gasteiger partial charge in [0.05, 0.1) is 0 Å². The van der Waals surface area contributed by atoms with E-state index >= 15 is 0 Å². The molecule has 1 aliphatic rings. The van der Waals surface area contributed by atoms with Gasteiger partial charge in [-0.1, -0.05) is 17.7 Å². The summed E-state index contributed by atoms with van der Waals surface area (Å²) in [4.78, 5) is 2.18. The zero-order valence-corrected chi connectivity index (χ0v) is 12.0. The summed E-state index contributed by atoms with van der Waals surface area (Å²) in [6, 6.07) is 5.32. The zero-order chi connectivity index (χ0) is 12.3. The number of likely N-dealkylation sites (N-methyl/N-ethyl adjacent to an activating group) is 1. The van der Waals surface area contributed by atoms with Gasteiger partial charge in [0, 0.05) is 29.7 Å². The SMILES string of the molecule is CN(Cc1c(F)cccc1Cl)C1CCCNC1.Cl. The van der Waals surface area contributed by atoms with Gasteiger partial charge in [0.1, 0.15) is 5.82 Å². The molecule has 2 rings (SSSR count). The molecular weight excluding hydrogens is 274 g/mol. The van der Waals surface area contributed by atoms with Crippen molar-refractivity contribution in [3.8, 4) is 0 Å². The van der Waals surface area contributed by atoms with Crippen LogP contribution in [0.5, 0.6) is 0 Å². The van der Waals surface area contributed by atoms with Gasteiger partial charge in [0.2, 0.25) is 0 Å². The summed E-state index contributed by atoms with van der Waals surface area (Å²) in [6.07, 6.45) is 2.34. The van der Waals surface area contributed by atoms with Crippen LogP contribution in [-0.4, -0.2) is 31.1 Å². The average molecular weight is 293 g/mol. The maximum Gasteiger partial charge on any atom is 0.129 e. The van der Waals surface area contributed by atoms with E-state index < -0.39 is 0 Å². The summed E-state index contributed by atoms with van der Waals surface area (Å²) in [6.45, 7) is 2.63. The second kappa shape index (κ2) is 7.29. The predicted octanol–water partition coefficient (Wildman–Crippen LogP) is 3.08. The first kappa shape index (κ1) is 15.7. The first-order valence-electron chi connectivity index (χ1n) is 6.02. The Kier molecular flexibility index (Phi) is 6.36. The Balaban J connectivity index is 0.00000162. The van der Waals surface area contributed by atoms with E-state index in [9.17, 15) is 4.39 Å². The number of hydrogen-bond donors (Lipinski definition) is 1. The summed E-state index contributed by atoms with van der Waals surface area (Å²) in [7, 11) is 2.03. The molecule has 1 aromatic carbocycles. The second-order valence-corrected chi connectivity index (χ2v) is 5.02. The van der Waals surface area contributed by atoms with E-state index in [0.29, 0.717) is 23.2 Å². The van der Waals surface area contributed by atoms with Crippen molar-refractivity contribution < 1.29 is 4.39 Å². The number of piperidine rings is 1. The smallest absolute Gasteiger partial charge is 0.129 e. The highest BCUT2D eigenvalue weighted by molar-refractivity contribution is 6.31. The van der Waals surface area contributed by atoms with Gasteiger partial charge < -0.3 is 5.32 Å². The summed E-state index contributed by atoms with van der Waals surface area (Å²) in [5, 5.41) is 3.88. The van der Waals surface area contributed by atoms with Crippen LogP contribution in [0.2, 0.25) is 5.02 Å². The largest absolute Gasteiger partial charge is 0.315 e. The van der Waals surface area contributed by atoms with Crippen LogP contribution in [-0.2, 0) is 6.54 Å². The second-order valence-electron chi connectivity index (χ2n) is 4.62. The van der Waals surface area contributed by atoms with Crippen LogP contribution in [0.15, 0.2) is 18.2 Å². The zero-order valence-electron chi connectivity index (χ0n) is 10.5. The molecule has 1 unspecified atom stereocenters. The Morgan fingerprint density at radius 1 is 1.50 bits per heavy atom. The van der Waals surface area contributed by atoms with Crippen LogP contribution < -0.4 is 5.32 Å². The molecule has 0 aliphatic carbocycles. The van der Waals surface area contributed by atoms with Gasteiger partial charge in [0.25, 0.3) is 0 Å². The minimum atomic E-state index is -0.215. The fourth-order valence-electron chi connectivity index (χ4n) is 2.27. The summed E-state index contributed by atoms with van der Waals surface area (Å²) < 4.78 is 13.7. The molecule has 0 spiro atoms. The van der Waals surface area contributed by atoms with Gasteiger partial charge >= 0.3 is 0 Å². The van der Waals surface area contributed by atoms with Gasteiger partial charge in [-0.3, -0.25) is 4.90 Å². The normalized spacial score (nSPS) is 19.7. The molecule has 1 fully saturated rings. The molecule has 0 amide bonds. The van der Waals surface area contributed by atoms with Crippen LogP contribution in [0.3, 0.4) is 0 Å². The third-order valence-corrected chi connectivity index (χ3v) is 3.72. The third-order valence-electron chi connectivity index (χ3n) is 3.36. The molecule has 0 aromatic heterocycles. The highest BCUT2D eigenvalue weighted by Gasteiger charge is 2.19. The monoisotopic (exact) mass is 292 g/mol. The summed E-state index contributed by atoms with van der Waals surface area (Å²) in [5.41, 5.74) is 0.599. The Morgan fingerprint density at radius 3 is 2.89 bits per heavy atom.